The number of rotatable bonds is 7. The van der Waals surface area contributed by atoms with Crippen LogP contribution in [0.4, 0.5) is 4.79 Å². The topological polar surface area (TPSA) is 181 Å². The fourth-order valence-electron chi connectivity index (χ4n) is 3.83. The van der Waals surface area contributed by atoms with Crippen molar-refractivity contribution in [2.75, 3.05) is 19.7 Å². The van der Waals surface area contributed by atoms with Crippen molar-refractivity contribution in [1.82, 2.24) is 41.0 Å². The van der Waals surface area contributed by atoms with Crippen molar-refractivity contribution in [1.29, 1.82) is 0 Å². The number of nitrogens with one attached hydrogen (secondary N) is 2. The number of carbonyl (C=O) groups is 2. The highest BCUT2D eigenvalue weighted by molar-refractivity contribution is 7.80. The number of hydroxylamine groups is 3. The average Bonchev–Trinajstić information content (AvgIpc) is 3.39. The Morgan fingerprint density at radius 1 is 1.38 bits per heavy atom. The number of hydrogen-bond acceptors (Lipinski definition) is 10. The summed E-state index contributed by atoms with van der Waals surface area (Å²) in [6.07, 6.45) is 2.70. The number of fused-ring (bicyclic) bond motifs is 2. The molecule has 0 spiro atoms. The fraction of sp³-hybridized carbons (Fsp3) is 0.769. The van der Waals surface area contributed by atoms with Gasteiger partial charge in [-0.1, -0.05) is 0 Å². The number of nitrogens with zero attached hydrogens (tertiary/aromatic N) is 6. The summed E-state index contributed by atoms with van der Waals surface area (Å²) in [4.78, 5) is 32.8. The smallest absolute Gasteiger partial charge is 0.309 e. The molecule has 0 unspecified atom stereocenters. The molecule has 0 aliphatic carbocycles. The molecule has 3 N–H and O–H groups in total. The number of carbonyl (C=O) groups excluding carboxylic acids is 2. The molecule has 0 aromatic carbocycles. The first-order valence-corrected chi connectivity index (χ1v) is 10.3. The standard InChI is InChI=1S/C13H20N8O7S/c22-12(17-27-6-8-3-10(4-14-8)21-16-7-15-18-21)11-2-1-9-5-19(11)13(23)20(9)28-29(24,25)26/h7-11,14H,1-6H2,(H,17,22)(H,24,25,26)/t8-,9-,10-,11+/m1/s1. The van der Waals surface area contributed by atoms with Crippen molar-refractivity contribution >= 4 is 22.3 Å². The molecule has 160 valence electrons. The summed E-state index contributed by atoms with van der Waals surface area (Å²) in [7, 11) is -4.83. The lowest BCUT2D eigenvalue weighted by Crippen LogP contribution is -2.50. The molecule has 0 radical (unpaired) electrons. The van der Waals surface area contributed by atoms with Crippen LogP contribution < -0.4 is 10.8 Å². The maximum absolute atomic E-state index is 12.4. The molecule has 15 nitrogen and oxygen atoms in total. The molecule has 29 heavy (non-hydrogen) atoms. The van der Waals surface area contributed by atoms with E-state index in [1.165, 1.54) is 16.0 Å². The van der Waals surface area contributed by atoms with E-state index in [1.807, 2.05) is 0 Å². The van der Waals surface area contributed by atoms with Crippen molar-refractivity contribution in [3.8, 4) is 0 Å². The van der Waals surface area contributed by atoms with Crippen LogP contribution in [0.15, 0.2) is 6.33 Å². The van der Waals surface area contributed by atoms with Crippen molar-refractivity contribution in [2.45, 2.75) is 43.4 Å². The Labute approximate surface area is 165 Å². The van der Waals surface area contributed by atoms with Crippen LogP contribution in [0.2, 0.25) is 0 Å². The summed E-state index contributed by atoms with van der Waals surface area (Å²) in [5.41, 5.74) is 2.35. The number of aromatic nitrogens is 4. The summed E-state index contributed by atoms with van der Waals surface area (Å²) < 4.78 is 34.9. The number of urea groups is 1. The van der Waals surface area contributed by atoms with Gasteiger partial charge < -0.3 is 10.2 Å². The lowest BCUT2D eigenvalue weighted by Gasteiger charge is -2.29. The van der Waals surface area contributed by atoms with Crippen LogP contribution in [0, 0.1) is 0 Å². The van der Waals surface area contributed by atoms with Gasteiger partial charge in [0, 0.05) is 19.1 Å². The Hall–Kier alpha value is -2.40. The largest absolute Gasteiger partial charge is 0.418 e. The van der Waals surface area contributed by atoms with Crippen LogP contribution in [0.1, 0.15) is 25.3 Å². The first-order valence-electron chi connectivity index (χ1n) is 8.96. The third kappa shape index (κ3) is 4.30. The maximum atomic E-state index is 12.4. The molecule has 3 aliphatic rings. The summed E-state index contributed by atoms with van der Waals surface area (Å²) in [5, 5.41) is 15.4. The second-order valence-electron chi connectivity index (χ2n) is 7.04. The third-order valence-electron chi connectivity index (χ3n) is 5.15. The molecule has 4 rings (SSSR count). The van der Waals surface area contributed by atoms with Crippen molar-refractivity contribution in [3.63, 3.8) is 0 Å². The van der Waals surface area contributed by atoms with E-state index in [2.05, 4.69) is 30.5 Å². The van der Waals surface area contributed by atoms with Crippen LogP contribution in [0.5, 0.6) is 0 Å². The van der Waals surface area contributed by atoms with Crippen molar-refractivity contribution < 1.29 is 31.7 Å². The second-order valence-corrected chi connectivity index (χ2v) is 8.04. The van der Waals surface area contributed by atoms with Gasteiger partial charge in [0.05, 0.1) is 18.7 Å². The Bertz CT molecular complexity index is 865. The molecule has 4 heterocycles. The highest BCUT2D eigenvalue weighted by atomic mass is 32.3. The predicted molar refractivity (Wildman–Crippen MR) is 90.7 cm³/mol. The fourth-order valence-corrected chi connectivity index (χ4v) is 4.22. The van der Waals surface area contributed by atoms with Gasteiger partial charge in [0.1, 0.15) is 6.04 Å². The molecule has 3 aliphatic heterocycles. The molecule has 4 atom stereocenters. The van der Waals surface area contributed by atoms with Crippen molar-refractivity contribution in [3.05, 3.63) is 6.33 Å². The summed E-state index contributed by atoms with van der Waals surface area (Å²) in [6.45, 7) is 0.968. The van der Waals surface area contributed by atoms with Gasteiger partial charge in [-0.05, 0) is 24.5 Å². The van der Waals surface area contributed by atoms with E-state index in [0.29, 0.717) is 30.9 Å². The first-order chi connectivity index (χ1) is 13.8. The maximum Gasteiger partial charge on any atom is 0.418 e. The first kappa shape index (κ1) is 19.9. The number of piperidine rings is 1. The lowest BCUT2D eigenvalue weighted by atomic mass is 10.0. The van der Waals surface area contributed by atoms with E-state index < -0.39 is 34.4 Å². The zero-order chi connectivity index (χ0) is 20.6. The molecule has 3 amide bonds. The second kappa shape index (κ2) is 7.79. The zero-order valence-corrected chi connectivity index (χ0v) is 15.9. The highest BCUT2D eigenvalue weighted by Crippen LogP contribution is 2.30. The van der Waals surface area contributed by atoms with Gasteiger partial charge in [-0.2, -0.15) is 18.3 Å². The minimum absolute atomic E-state index is 0.0193. The summed E-state index contributed by atoms with van der Waals surface area (Å²) in [6, 6.07) is -2.15. The molecule has 2 bridgehead atoms. The molecule has 3 fully saturated rings. The highest BCUT2D eigenvalue weighted by Gasteiger charge is 2.49. The average molecular weight is 432 g/mol. The third-order valence-corrected chi connectivity index (χ3v) is 5.50. The van der Waals surface area contributed by atoms with Gasteiger partial charge in [0.15, 0.2) is 6.33 Å². The van der Waals surface area contributed by atoms with Gasteiger partial charge in [-0.3, -0.25) is 14.2 Å². The Morgan fingerprint density at radius 3 is 2.93 bits per heavy atom. The van der Waals surface area contributed by atoms with Crippen LogP contribution in [0.25, 0.3) is 0 Å². The molecule has 0 saturated carbocycles. The van der Waals surface area contributed by atoms with Crippen LogP contribution in [-0.4, -0.2) is 92.9 Å². The predicted octanol–water partition coefficient (Wildman–Crippen LogP) is -2.37. The van der Waals surface area contributed by atoms with E-state index in [0.717, 1.165) is 0 Å². The van der Waals surface area contributed by atoms with E-state index in [9.17, 15) is 18.0 Å². The van der Waals surface area contributed by atoms with Gasteiger partial charge in [0.2, 0.25) is 0 Å². The van der Waals surface area contributed by atoms with Crippen LogP contribution >= 0.6 is 0 Å². The Kier molecular flexibility index (Phi) is 5.34. The van der Waals surface area contributed by atoms with Gasteiger partial charge in [0.25, 0.3) is 5.91 Å². The van der Waals surface area contributed by atoms with Gasteiger partial charge in [-0.25, -0.2) is 10.3 Å². The normalized spacial score (nSPS) is 29.5. The quantitative estimate of drug-likeness (QED) is 0.309. The molecular weight excluding hydrogens is 412 g/mol. The Balaban J connectivity index is 1.25. The molecule has 1 aromatic heterocycles. The zero-order valence-electron chi connectivity index (χ0n) is 15.1. The van der Waals surface area contributed by atoms with Crippen LogP contribution in [0.3, 0.4) is 0 Å². The number of tetrazole rings is 1. The monoisotopic (exact) mass is 432 g/mol. The summed E-state index contributed by atoms with van der Waals surface area (Å²) in [5.74, 6) is -0.516. The van der Waals surface area contributed by atoms with Gasteiger partial charge >= 0.3 is 16.4 Å². The summed E-state index contributed by atoms with van der Waals surface area (Å²) >= 11 is 0. The molecule has 3 saturated heterocycles. The number of amides is 3. The molecular formula is C13H20N8O7S. The van der Waals surface area contributed by atoms with Gasteiger partial charge in [-0.15, -0.1) is 14.5 Å². The van der Waals surface area contributed by atoms with Crippen molar-refractivity contribution in [2.24, 2.45) is 0 Å². The minimum Gasteiger partial charge on any atom is -0.309 e. The van der Waals surface area contributed by atoms with E-state index in [4.69, 9.17) is 9.39 Å². The van der Waals surface area contributed by atoms with Crippen LogP contribution in [-0.2, 0) is 24.3 Å². The minimum atomic E-state index is -4.83. The lowest BCUT2D eigenvalue weighted by molar-refractivity contribution is -0.139. The number of hydrogen-bond donors (Lipinski definition) is 3. The molecule has 16 heteroatoms. The van der Waals surface area contributed by atoms with E-state index >= 15 is 0 Å². The van der Waals surface area contributed by atoms with E-state index in [1.54, 1.807) is 0 Å². The Morgan fingerprint density at radius 2 is 2.21 bits per heavy atom. The SMILES string of the molecule is O=C(NOC[C@H]1C[C@@H](n2ncnn2)CN1)[C@@H]1CC[C@@H]2CN1C(=O)N2OS(=O)(=O)O. The van der Waals surface area contributed by atoms with E-state index in [-0.39, 0.29) is 25.2 Å². The molecule has 1 aromatic rings.